The summed E-state index contributed by atoms with van der Waals surface area (Å²) in [6.07, 6.45) is 4.66. The number of unbranched alkanes of at least 4 members (excludes halogenated alkanes) is 3. The Morgan fingerprint density at radius 1 is 1.08 bits per heavy atom. The average molecular weight is 568 g/mol. The lowest BCUT2D eigenvalue weighted by molar-refractivity contribution is -0.137. The Kier molecular flexibility index (Phi) is 12.7. The van der Waals surface area contributed by atoms with Crippen molar-refractivity contribution in [1.82, 2.24) is 4.72 Å². The average Bonchev–Trinajstić information content (AvgIpc) is 3.06. The van der Waals surface area contributed by atoms with Gasteiger partial charge in [-0.3, -0.25) is 9.52 Å². The molecule has 1 fully saturated rings. The second-order valence-electron chi connectivity index (χ2n) is 10.1. The molecular formula is C26H40F3NO5S2. The first-order valence-electron chi connectivity index (χ1n) is 12.9. The third kappa shape index (κ3) is 11.5. The van der Waals surface area contributed by atoms with Gasteiger partial charge in [0.2, 0.25) is 15.9 Å². The normalized spacial score (nSPS) is 23.2. The Morgan fingerprint density at radius 3 is 2.35 bits per heavy atom. The fourth-order valence-electron chi connectivity index (χ4n) is 5.25. The standard InChI is InChI=1S/C26H40F3NO5S2/c1-36-20(13-12-18-8-7-9-19(16-18)26(27,28)29)14-15-22-21(23(31)17-24(22)32)10-5-3-4-6-11-25(33)30-37(2,34)35/h7-9,16,20-24,31-32H,3-6,10-15,17H2,1-2H3,(H,30,33)/t20?,21-,22-,23+,24-/m1/s1. The number of benzene rings is 1. The van der Waals surface area contributed by atoms with E-state index < -0.39 is 39.9 Å². The number of sulfonamides is 1. The summed E-state index contributed by atoms with van der Waals surface area (Å²) in [5, 5.41) is 21.3. The molecule has 1 amide bonds. The Balaban J connectivity index is 1.77. The van der Waals surface area contributed by atoms with E-state index >= 15 is 0 Å². The van der Waals surface area contributed by atoms with Crippen LogP contribution in [0.1, 0.15) is 75.3 Å². The summed E-state index contributed by atoms with van der Waals surface area (Å²) < 4.78 is 63.0. The third-order valence-corrected chi connectivity index (χ3v) is 8.91. The molecule has 0 aromatic heterocycles. The van der Waals surface area contributed by atoms with Crippen LogP contribution < -0.4 is 4.72 Å². The molecule has 1 aliphatic carbocycles. The van der Waals surface area contributed by atoms with Crippen LogP contribution in [0, 0.1) is 11.8 Å². The molecule has 1 aliphatic rings. The zero-order chi connectivity index (χ0) is 27.6. The summed E-state index contributed by atoms with van der Waals surface area (Å²) in [6, 6.07) is 5.45. The van der Waals surface area contributed by atoms with E-state index in [0.717, 1.165) is 57.3 Å². The lowest BCUT2D eigenvalue weighted by atomic mass is 9.84. The number of amides is 1. The van der Waals surface area contributed by atoms with Crippen molar-refractivity contribution in [2.24, 2.45) is 11.8 Å². The van der Waals surface area contributed by atoms with Crippen molar-refractivity contribution >= 4 is 27.7 Å². The molecule has 0 bridgehead atoms. The van der Waals surface area contributed by atoms with E-state index in [1.807, 2.05) is 11.0 Å². The molecule has 6 nitrogen and oxygen atoms in total. The van der Waals surface area contributed by atoms with Gasteiger partial charge >= 0.3 is 6.18 Å². The van der Waals surface area contributed by atoms with Gasteiger partial charge in [0.15, 0.2) is 0 Å². The monoisotopic (exact) mass is 567 g/mol. The van der Waals surface area contributed by atoms with Crippen molar-refractivity contribution in [3.05, 3.63) is 35.4 Å². The fourth-order valence-corrected chi connectivity index (χ4v) is 6.49. The van der Waals surface area contributed by atoms with Gasteiger partial charge in [0.1, 0.15) is 0 Å². The van der Waals surface area contributed by atoms with E-state index in [9.17, 15) is 36.6 Å². The number of halogens is 3. The maximum Gasteiger partial charge on any atom is 0.416 e. The van der Waals surface area contributed by atoms with Crippen LogP contribution >= 0.6 is 11.8 Å². The van der Waals surface area contributed by atoms with Crippen LogP contribution in [0.25, 0.3) is 0 Å². The number of hydrogen-bond acceptors (Lipinski definition) is 6. The third-order valence-electron chi connectivity index (χ3n) is 7.18. The second-order valence-corrected chi connectivity index (χ2v) is 13.0. The number of carbonyl (C=O) groups is 1. The molecule has 212 valence electrons. The number of aryl methyl sites for hydroxylation is 1. The number of alkyl halides is 3. The molecule has 37 heavy (non-hydrogen) atoms. The Morgan fingerprint density at radius 2 is 1.73 bits per heavy atom. The van der Waals surface area contributed by atoms with Crippen LogP contribution in [0.15, 0.2) is 24.3 Å². The minimum Gasteiger partial charge on any atom is -0.393 e. The van der Waals surface area contributed by atoms with E-state index in [4.69, 9.17) is 0 Å². The maximum absolute atomic E-state index is 13.0. The van der Waals surface area contributed by atoms with Gasteiger partial charge < -0.3 is 10.2 Å². The SMILES string of the molecule is CSC(CCc1cccc(C(F)(F)F)c1)CC[C@@H]1[C@@H](CCCCCCC(=O)NS(C)(=O)=O)[C@@H](O)C[C@H]1O. The van der Waals surface area contributed by atoms with Crippen LogP contribution in [0.2, 0.25) is 0 Å². The van der Waals surface area contributed by atoms with Crippen molar-refractivity contribution in [2.45, 2.75) is 94.3 Å². The molecule has 0 aliphatic heterocycles. The number of rotatable bonds is 15. The predicted molar refractivity (Wildman–Crippen MR) is 141 cm³/mol. The zero-order valence-electron chi connectivity index (χ0n) is 21.5. The van der Waals surface area contributed by atoms with Crippen molar-refractivity contribution in [1.29, 1.82) is 0 Å². The quantitative estimate of drug-likeness (QED) is 0.260. The maximum atomic E-state index is 13.0. The molecule has 1 aromatic carbocycles. The van der Waals surface area contributed by atoms with Crippen molar-refractivity contribution in [3.8, 4) is 0 Å². The number of nitrogens with one attached hydrogen (secondary N) is 1. The molecule has 5 atom stereocenters. The molecule has 1 unspecified atom stereocenters. The Hall–Kier alpha value is -1.30. The topological polar surface area (TPSA) is 104 Å². The first-order chi connectivity index (χ1) is 17.3. The summed E-state index contributed by atoms with van der Waals surface area (Å²) >= 11 is 1.68. The molecular weight excluding hydrogens is 527 g/mol. The summed E-state index contributed by atoms with van der Waals surface area (Å²) in [4.78, 5) is 11.6. The van der Waals surface area contributed by atoms with Gasteiger partial charge in [-0.2, -0.15) is 24.9 Å². The van der Waals surface area contributed by atoms with E-state index in [1.165, 1.54) is 12.1 Å². The molecule has 11 heteroatoms. The highest BCUT2D eigenvalue weighted by Crippen LogP contribution is 2.40. The van der Waals surface area contributed by atoms with Gasteiger partial charge in [0.05, 0.1) is 24.0 Å². The van der Waals surface area contributed by atoms with Gasteiger partial charge in [-0.1, -0.05) is 37.5 Å². The number of carbonyl (C=O) groups excluding carboxylic acids is 1. The van der Waals surface area contributed by atoms with Crippen LogP contribution in [0.3, 0.4) is 0 Å². The molecule has 3 N–H and O–H groups in total. The highest BCUT2D eigenvalue weighted by Gasteiger charge is 2.40. The van der Waals surface area contributed by atoms with E-state index in [-0.39, 0.29) is 23.5 Å². The molecule has 0 radical (unpaired) electrons. The molecule has 1 saturated carbocycles. The van der Waals surface area contributed by atoms with Crippen molar-refractivity contribution in [2.75, 3.05) is 12.5 Å². The summed E-state index contributed by atoms with van der Waals surface area (Å²) in [7, 11) is -3.53. The van der Waals surface area contributed by atoms with E-state index in [1.54, 1.807) is 17.8 Å². The van der Waals surface area contributed by atoms with Gasteiger partial charge in [-0.05, 0) is 74.7 Å². The van der Waals surface area contributed by atoms with Crippen LogP contribution in [-0.4, -0.2) is 54.5 Å². The summed E-state index contributed by atoms with van der Waals surface area (Å²) in [5.74, 6) is -0.526. The predicted octanol–water partition coefficient (Wildman–Crippen LogP) is 4.92. The number of aliphatic hydroxyl groups excluding tert-OH is 2. The lowest BCUT2D eigenvalue weighted by Gasteiger charge is -2.25. The summed E-state index contributed by atoms with van der Waals surface area (Å²) in [6.45, 7) is 0. The van der Waals surface area contributed by atoms with E-state index in [0.29, 0.717) is 24.8 Å². The fraction of sp³-hybridized carbons (Fsp3) is 0.731. The highest BCUT2D eigenvalue weighted by molar-refractivity contribution is 7.99. The molecule has 2 rings (SSSR count). The molecule has 1 aromatic rings. The molecule has 0 saturated heterocycles. The van der Waals surface area contributed by atoms with Gasteiger partial charge in [0, 0.05) is 11.7 Å². The molecule has 0 spiro atoms. The first kappa shape index (κ1) is 31.9. The van der Waals surface area contributed by atoms with Crippen molar-refractivity contribution < 1.29 is 36.6 Å². The van der Waals surface area contributed by atoms with Gasteiger partial charge in [-0.25, -0.2) is 8.42 Å². The Labute approximate surface area is 222 Å². The smallest absolute Gasteiger partial charge is 0.393 e. The van der Waals surface area contributed by atoms with Gasteiger partial charge in [0.25, 0.3) is 0 Å². The molecule has 0 heterocycles. The summed E-state index contributed by atoms with van der Waals surface area (Å²) in [5.41, 5.74) is 0.0330. The van der Waals surface area contributed by atoms with Crippen LogP contribution in [-0.2, 0) is 27.4 Å². The second kappa shape index (κ2) is 14.7. The largest absolute Gasteiger partial charge is 0.416 e. The first-order valence-corrected chi connectivity index (χ1v) is 16.0. The number of thioether (sulfide) groups is 1. The minimum atomic E-state index is -4.35. The number of hydrogen-bond donors (Lipinski definition) is 3. The van der Waals surface area contributed by atoms with E-state index in [2.05, 4.69) is 0 Å². The minimum absolute atomic E-state index is 0.00509. The van der Waals surface area contributed by atoms with Crippen LogP contribution in [0.4, 0.5) is 13.2 Å². The van der Waals surface area contributed by atoms with Crippen LogP contribution in [0.5, 0.6) is 0 Å². The Bertz CT molecular complexity index is 958. The lowest BCUT2D eigenvalue weighted by Crippen LogP contribution is -2.28. The van der Waals surface area contributed by atoms with Gasteiger partial charge in [-0.15, -0.1) is 0 Å². The highest BCUT2D eigenvalue weighted by atomic mass is 32.2. The van der Waals surface area contributed by atoms with Crippen molar-refractivity contribution in [3.63, 3.8) is 0 Å². The number of aliphatic hydroxyl groups is 2. The zero-order valence-corrected chi connectivity index (χ0v) is 23.2.